The molecule has 1 aromatic rings. The van der Waals surface area contributed by atoms with Crippen LogP contribution < -0.4 is 4.72 Å². The molecule has 0 spiro atoms. The maximum Gasteiger partial charge on any atom is 0.242 e. The second kappa shape index (κ2) is 8.18. The zero-order chi connectivity index (χ0) is 15.9. The molecule has 0 aliphatic carbocycles. The van der Waals surface area contributed by atoms with Crippen LogP contribution in [0.25, 0.3) is 0 Å². The van der Waals surface area contributed by atoms with Crippen molar-refractivity contribution in [3.05, 3.63) is 29.8 Å². The highest BCUT2D eigenvalue weighted by Crippen LogP contribution is 2.17. The van der Waals surface area contributed by atoms with Crippen LogP contribution in [-0.4, -0.2) is 26.2 Å². The molecular weight excluding hydrogens is 286 g/mol. The molecule has 2 N–H and O–H groups in total. The van der Waals surface area contributed by atoms with Crippen LogP contribution in [-0.2, 0) is 10.0 Å². The highest BCUT2D eigenvalue weighted by atomic mass is 32.2. The summed E-state index contributed by atoms with van der Waals surface area (Å²) in [5.41, 5.74) is 0.398. The van der Waals surface area contributed by atoms with Crippen molar-refractivity contribution in [2.24, 2.45) is 5.92 Å². The number of aliphatic hydroxyl groups excluding tert-OH is 1. The molecule has 0 aromatic heterocycles. The molecule has 0 saturated carbocycles. The van der Waals surface area contributed by atoms with Gasteiger partial charge in [-0.2, -0.15) is 0 Å². The summed E-state index contributed by atoms with van der Waals surface area (Å²) in [6.45, 7) is 5.76. The molecule has 21 heavy (non-hydrogen) atoms. The fraction of sp³-hybridized carbons (Fsp3) is 0.500. The lowest BCUT2D eigenvalue weighted by Crippen LogP contribution is -2.34. The summed E-state index contributed by atoms with van der Waals surface area (Å²) in [6, 6.07) is 6.42. The fourth-order valence-corrected chi connectivity index (χ4v) is 3.50. The minimum Gasteiger partial charge on any atom is -0.384 e. The minimum atomic E-state index is -3.61. The molecule has 2 atom stereocenters. The van der Waals surface area contributed by atoms with Crippen molar-refractivity contribution in [1.29, 1.82) is 0 Å². The van der Waals surface area contributed by atoms with Crippen LogP contribution in [0, 0.1) is 17.8 Å². The quantitative estimate of drug-likeness (QED) is 0.791. The van der Waals surface area contributed by atoms with Gasteiger partial charge in [-0.15, -0.1) is 0 Å². The van der Waals surface area contributed by atoms with E-state index in [-0.39, 0.29) is 17.5 Å². The van der Waals surface area contributed by atoms with Gasteiger partial charge in [0.1, 0.15) is 6.61 Å². The molecule has 5 heteroatoms. The minimum absolute atomic E-state index is 0.135. The molecule has 0 saturated heterocycles. The topological polar surface area (TPSA) is 66.4 Å². The third kappa shape index (κ3) is 5.50. The second-order valence-corrected chi connectivity index (χ2v) is 6.91. The largest absolute Gasteiger partial charge is 0.384 e. The Bertz CT molecular complexity index is 614. The van der Waals surface area contributed by atoms with E-state index in [1.165, 1.54) is 6.07 Å². The van der Waals surface area contributed by atoms with Crippen LogP contribution in [0.15, 0.2) is 29.2 Å². The van der Waals surface area contributed by atoms with Crippen molar-refractivity contribution in [2.45, 2.75) is 44.6 Å². The normalized spacial score (nSPS) is 14.1. The highest BCUT2D eigenvalue weighted by molar-refractivity contribution is 7.89. The molecule has 0 bridgehead atoms. The van der Waals surface area contributed by atoms with Crippen LogP contribution in [0.2, 0.25) is 0 Å². The summed E-state index contributed by atoms with van der Waals surface area (Å²) in [5, 5.41) is 8.75. The van der Waals surface area contributed by atoms with E-state index in [1.807, 2.05) is 6.92 Å². The van der Waals surface area contributed by atoms with Gasteiger partial charge in [-0.25, -0.2) is 13.1 Å². The van der Waals surface area contributed by atoms with Gasteiger partial charge in [0.05, 0.1) is 4.90 Å². The zero-order valence-electron chi connectivity index (χ0n) is 12.8. The van der Waals surface area contributed by atoms with Gasteiger partial charge < -0.3 is 5.11 Å². The smallest absolute Gasteiger partial charge is 0.242 e. The van der Waals surface area contributed by atoms with Crippen LogP contribution in [0.4, 0.5) is 0 Å². The maximum atomic E-state index is 12.5. The van der Waals surface area contributed by atoms with E-state index in [0.29, 0.717) is 11.5 Å². The molecule has 0 amide bonds. The van der Waals surface area contributed by atoms with Gasteiger partial charge in [-0.05, 0) is 31.4 Å². The van der Waals surface area contributed by atoms with Crippen molar-refractivity contribution in [3.63, 3.8) is 0 Å². The average Bonchev–Trinajstić information content (AvgIpc) is 2.44. The van der Waals surface area contributed by atoms with Crippen molar-refractivity contribution >= 4 is 10.0 Å². The first-order valence-corrected chi connectivity index (χ1v) is 8.60. The Morgan fingerprint density at radius 2 is 1.95 bits per heavy atom. The van der Waals surface area contributed by atoms with E-state index in [2.05, 4.69) is 30.4 Å². The van der Waals surface area contributed by atoms with Crippen molar-refractivity contribution in [2.75, 3.05) is 6.61 Å². The zero-order valence-corrected chi connectivity index (χ0v) is 13.6. The summed E-state index contributed by atoms with van der Waals surface area (Å²) in [4.78, 5) is 0.155. The Kier molecular flexibility index (Phi) is 6.90. The molecule has 0 aliphatic rings. The number of aliphatic hydroxyl groups is 1. The standard InChI is InChI=1S/C16H23NO3S/c1-4-13(2)12-14(3)17-21(19,20)16-10-6-5-8-15(16)9-7-11-18/h5-6,8,10,13-14,17-18H,4,11-12H2,1-3H3. The molecule has 1 aromatic carbocycles. The predicted molar refractivity (Wildman–Crippen MR) is 84.3 cm³/mol. The highest BCUT2D eigenvalue weighted by Gasteiger charge is 2.20. The molecule has 4 nitrogen and oxygen atoms in total. The van der Waals surface area contributed by atoms with Crippen molar-refractivity contribution in [1.82, 2.24) is 4.72 Å². The van der Waals surface area contributed by atoms with Gasteiger partial charge in [0, 0.05) is 11.6 Å². The van der Waals surface area contributed by atoms with Crippen LogP contribution in [0.5, 0.6) is 0 Å². The van der Waals surface area contributed by atoms with Gasteiger partial charge in [0.15, 0.2) is 0 Å². The number of benzene rings is 1. The number of rotatable bonds is 6. The molecule has 0 radical (unpaired) electrons. The molecule has 0 fully saturated rings. The van der Waals surface area contributed by atoms with Crippen LogP contribution >= 0.6 is 0 Å². The Hall–Kier alpha value is -1.35. The van der Waals surface area contributed by atoms with E-state index in [9.17, 15) is 8.42 Å². The van der Waals surface area contributed by atoms with Gasteiger partial charge in [0.2, 0.25) is 10.0 Å². The fourth-order valence-electron chi connectivity index (χ4n) is 2.09. The van der Waals surface area contributed by atoms with E-state index in [1.54, 1.807) is 18.2 Å². The van der Waals surface area contributed by atoms with Crippen LogP contribution in [0.3, 0.4) is 0 Å². The maximum absolute atomic E-state index is 12.5. The van der Waals surface area contributed by atoms with Gasteiger partial charge >= 0.3 is 0 Å². The first-order chi connectivity index (χ1) is 9.90. The second-order valence-electron chi connectivity index (χ2n) is 5.23. The molecule has 0 aliphatic heterocycles. The average molecular weight is 309 g/mol. The third-order valence-electron chi connectivity index (χ3n) is 3.29. The number of sulfonamides is 1. The SMILES string of the molecule is CCC(C)CC(C)NS(=O)(=O)c1ccccc1C#CCO. The lowest BCUT2D eigenvalue weighted by atomic mass is 10.0. The van der Waals surface area contributed by atoms with E-state index >= 15 is 0 Å². The van der Waals surface area contributed by atoms with Crippen molar-refractivity contribution < 1.29 is 13.5 Å². The molecule has 116 valence electrons. The molecule has 1 rings (SSSR count). The third-order valence-corrected chi connectivity index (χ3v) is 4.94. The van der Waals surface area contributed by atoms with Gasteiger partial charge in [-0.1, -0.05) is 44.2 Å². The molecule has 2 unspecified atom stereocenters. The first kappa shape index (κ1) is 17.7. The summed E-state index contributed by atoms with van der Waals surface area (Å²) in [7, 11) is -3.61. The number of hydrogen-bond donors (Lipinski definition) is 2. The summed E-state index contributed by atoms with van der Waals surface area (Å²) < 4.78 is 27.6. The Balaban J connectivity index is 2.98. The van der Waals surface area contributed by atoms with E-state index < -0.39 is 10.0 Å². The molecular formula is C16H23NO3S. The lowest BCUT2D eigenvalue weighted by Gasteiger charge is -2.18. The summed E-state index contributed by atoms with van der Waals surface area (Å²) in [6.07, 6.45) is 1.81. The van der Waals surface area contributed by atoms with Crippen molar-refractivity contribution in [3.8, 4) is 11.8 Å². The molecule has 0 heterocycles. The van der Waals surface area contributed by atoms with Gasteiger partial charge in [-0.3, -0.25) is 0 Å². The lowest BCUT2D eigenvalue weighted by molar-refractivity contribution is 0.350. The van der Waals surface area contributed by atoms with Gasteiger partial charge in [0.25, 0.3) is 0 Å². The Morgan fingerprint density at radius 1 is 1.29 bits per heavy atom. The first-order valence-electron chi connectivity index (χ1n) is 7.11. The summed E-state index contributed by atoms with van der Waals surface area (Å²) >= 11 is 0. The summed E-state index contributed by atoms with van der Waals surface area (Å²) in [5.74, 6) is 5.63. The number of hydrogen-bond acceptors (Lipinski definition) is 3. The van der Waals surface area contributed by atoms with E-state index in [4.69, 9.17) is 5.11 Å². The van der Waals surface area contributed by atoms with E-state index in [0.717, 1.165) is 12.8 Å². The number of nitrogens with one attached hydrogen (secondary N) is 1. The predicted octanol–water partition coefficient (Wildman–Crippen LogP) is 2.13. The monoisotopic (exact) mass is 309 g/mol. The van der Waals surface area contributed by atoms with Crippen LogP contribution in [0.1, 0.15) is 39.2 Å². The Labute approximate surface area is 127 Å². The Morgan fingerprint density at radius 3 is 2.57 bits per heavy atom.